The van der Waals surface area contributed by atoms with Gasteiger partial charge in [-0.2, -0.15) is 0 Å². The van der Waals surface area contributed by atoms with E-state index < -0.39 is 5.97 Å². The number of aromatic carboxylic acids is 1. The van der Waals surface area contributed by atoms with Crippen molar-refractivity contribution in [3.8, 4) is 0 Å². The van der Waals surface area contributed by atoms with Crippen LogP contribution in [0.15, 0.2) is 29.3 Å². The average molecular weight is 250 g/mol. The third kappa shape index (κ3) is 2.42. The van der Waals surface area contributed by atoms with Crippen LogP contribution in [0.5, 0.6) is 0 Å². The molecule has 2 aromatic rings. The lowest BCUT2D eigenvalue weighted by Gasteiger charge is -2.02. The van der Waals surface area contributed by atoms with Gasteiger partial charge in [-0.25, -0.2) is 14.6 Å². The summed E-state index contributed by atoms with van der Waals surface area (Å²) in [5, 5.41) is 8.87. The fraction of sp³-hybridized carbons (Fsp3) is 0.182. The molecule has 0 aliphatic heterocycles. The summed E-state index contributed by atoms with van der Waals surface area (Å²) in [6, 6.07) is 3.27. The Hall–Kier alpha value is -1.95. The maximum Gasteiger partial charge on any atom is 0.347 e. The fourth-order valence-corrected chi connectivity index (χ4v) is 2.35. The van der Waals surface area contributed by atoms with Crippen molar-refractivity contribution in [1.82, 2.24) is 9.55 Å². The first-order chi connectivity index (χ1) is 8.08. The summed E-state index contributed by atoms with van der Waals surface area (Å²) in [6.07, 6.45) is 3.06. The van der Waals surface area contributed by atoms with Gasteiger partial charge in [0.2, 0.25) is 0 Å². The molecular formula is C11H10N2O3S. The predicted molar refractivity (Wildman–Crippen MR) is 63.6 cm³/mol. The van der Waals surface area contributed by atoms with Gasteiger partial charge in [-0.05, 0) is 24.6 Å². The Kier molecular flexibility index (Phi) is 3.06. The number of hydrogen-bond donors (Lipinski definition) is 1. The van der Waals surface area contributed by atoms with Crippen LogP contribution in [0.2, 0.25) is 0 Å². The third-order valence-corrected chi connectivity index (χ3v) is 3.44. The molecule has 0 aliphatic carbocycles. The molecule has 2 aromatic heterocycles. The molecule has 2 rings (SSSR count). The molecule has 0 saturated heterocycles. The number of thiophene rings is 1. The number of carboxylic acid groups (broad SMARTS) is 1. The molecule has 0 spiro atoms. The van der Waals surface area contributed by atoms with E-state index >= 15 is 0 Å². The molecule has 2 heterocycles. The standard InChI is InChI=1S/C11H10N2O3S/c1-7-8(5-9(17-7)10(14)15)6-13-4-2-3-12-11(13)16/h2-5H,6H2,1H3,(H,14,15). The molecule has 0 radical (unpaired) electrons. The van der Waals surface area contributed by atoms with Crippen molar-refractivity contribution in [3.63, 3.8) is 0 Å². The first-order valence-electron chi connectivity index (χ1n) is 4.92. The van der Waals surface area contributed by atoms with Crippen molar-refractivity contribution in [2.45, 2.75) is 13.5 Å². The number of aromatic nitrogens is 2. The number of carbonyl (C=O) groups is 1. The molecule has 5 nitrogen and oxygen atoms in total. The Morgan fingerprint density at radius 3 is 2.94 bits per heavy atom. The zero-order valence-electron chi connectivity index (χ0n) is 9.08. The number of rotatable bonds is 3. The van der Waals surface area contributed by atoms with E-state index in [0.717, 1.165) is 10.4 Å². The van der Waals surface area contributed by atoms with Crippen molar-refractivity contribution in [1.29, 1.82) is 0 Å². The van der Waals surface area contributed by atoms with Gasteiger partial charge < -0.3 is 5.11 Å². The van der Waals surface area contributed by atoms with Gasteiger partial charge in [0.05, 0.1) is 6.54 Å². The van der Waals surface area contributed by atoms with Crippen molar-refractivity contribution in [2.75, 3.05) is 0 Å². The van der Waals surface area contributed by atoms with Gasteiger partial charge in [0, 0.05) is 17.3 Å². The Balaban J connectivity index is 2.34. The summed E-state index contributed by atoms with van der Waals surface area (Å²) in [5.74, 6) is -0.942. The quantitative estimate of drug-likeness (QED) is 0.892. The normalized spacial score (nSPS) is 10.4. The topological polar surface area (TPSA) is 72.2 Å². The van der Waals surface area contributed by atoms with Gasteiger partial charge >= 0.3 is 11.7 Å². The van der Waals surface area contributed by atoms with E-state index in [-0.39, 0.29) is 10.6 Å². The van der Waals surface area contributed by atoms with E-state index in [4.69, 9.17) is 5.11 Å². The monoisotopic (exact) mass is 250 g/mol. The highest BCUT2D eigenvalue weighted by atomic mass is 32.1. The van der Waals surface area contributed by atoms with E-state index in [1.54, 1.807) is 18.3 Å². The summed E-state index contributed by atoms with van der Waals surface area (Å²) >= 11 is 1.21. The number of aryl methyl sites for hydroxylation is 1. The van der Waals surface area contributed by atoms with Crippen LogP contribution in [0.4, 0.5) is 0 Å². The van der Waals surface area contributed by atoms with Crippen molar-refractivity contribution in [2.24, 2.45) is 0 Å². The molecular weight excluding hydrogens is 240 g/mol. The Labute approximate surface area is 101 Å². The Morgan fingerprint density at radius 2 is 2.35 bits per heavy atom. The minimum Gasteiger partial charge on any atom is -0.477 e. The summed E-state index contributed by atoms with van der Waals surface area (Å²) in [4.78, 5) is 27.1. The van der Waals surface area contributed by atoms with Crippen molar-refractivity contribution < 1.29 is 9.90 Å². The van der Waals surface area contributed by atoms with Crippen LogP contribution in [0.25, 0.3) is 0 Å². The number of carboxylic acids is 1. The smallest absolute Gasteiger partial charge is 0.347 e. The maximum atomic E-state index is 11.4. The van der Waals surface area contributed by atoms with Gasteiger partial charge in [0.25, 0.3) is 0 Å². The number of nitrogens with zero attached hydrogens (tertiary/aromatic N) is 2. The lowest BCUT2D eigenvalue weighted by molar-refractivity contribution is 0.0702. The largest absolute Gasteiger partial charge is 0.477 e. The molecule has 6 heteroatoms. The minimum absolute atomic E-state index is 0.287. The molecule has 17 heavy (non-hydrogen) atoms. The Bertz CT molecular complexity index is 615. The third-order valence-electron chi connectivity index (χ3n) is 2.35. The Morgan fingerprint density at radius 1 is 1.59 bits per heavy atom. The van der Waals surface area contributed by atoms with E-state index in [1.165, 1.54) is 22.1 Å². The molecule has 0 aliphatic rings. The van der Waals surface area contributed by atoms with Crippen LogP contribution in [-0.4, -0.2) is 20.6 Å². The van der Waals surface area contributed by atoms with Crippen LogP contribution in [0.1, 0.15) is 20.1 Å². The molecule has 0 fully saturated rings. The van der Waals surface area contributed by atoms with E-state index in [9.17, 15) is 9.59 Å². The lowest BCUT2D eigenvalue weighted by atomic mass is 10.2. The second-order valence-corrected chi connectivity index (χ2v) is 4.78. The highest BCUT2D eigenvalue weighted by Crippen LogP contribution is 2.21. The zero-order valence-corrected chi connectivity index (χ0v) is 9.90. The summed E-state index contributed by atoms with van der Waals surface area (Å²) in [6.45, 7) is 2.19. The molecule has 0 aromatic carbocycles. The maximum absolute atomic E-state index is 11.4. The average Bonchev–Trinajstić information content (AvgIpc) is 2.64. The van der Waals surface area contributed by atoms with Crippen molar-refractivity contribution >= 4 is 17.3 Å². The van der Waals surface area contributed by atoms with Crippen LogP contribution in [-0.2, 0) is 6.54 Å². The SMILES string of the molecule is Cc1sc(C(=O)O)cc1Cn1cccnc1=O. The second kappa shape index (κ2) is 4.50. The van der Waals surface area contributed by atoms with Crippen molar-refractivity contribution in [3.05, 3.63) is 50.3 Å². The molecule has 0 saturated carbocycles. The van der Waals surface area contributed by atoms with Crippen LogP contribution < -0.4 is 5.69 Å². The molecule has 0 amide bonds. The first-order valence-corrected chi connectivity index (χ1v) is 5.73. The molecule has 1 N–H and O–H groups in total. The highest BCUT2D eigenvalue weighted by Gasteiger charge is 2.11. The first kappa shape index (κ1) is 11.5. The highest BCUT2D eigenvalue weighted by molar-refractivity contribution is 7.14. The van der Waals surface area contributed by atoms with Crippen LogP contribution in [0, 0.1) is 6.92 Å². The summed E-state index contributed by atoms with van der Waals surface area (Å²) in [7, 11) is 0. The van der Waals surface area contributed by atoms with Gasteiger partial charge in [0.15, 0.2) is 0 Å². The zero-order chi connectivity index (χ0) is 12.4. The predicted octanol–water partition coefficient (Wildman–Crippen LogP) is 1.36. The van der Waals surface area contributed by atoms with E-state index in [1.807, 2.05) is 6.92 Å². The second-order valence-electron chi connectivity index (χ2n) is 3.53. The van der Waals surface area contributed by atoms with E-state index in [0.29, 0.717) is 6.54 Å². The van der Waals surface area contributed by atoms with Gasteiger partial charge in [-0.3, -0.25) is 4.57 Å². The summed E-state index contributed by atoms with van der Waals surface area (Å²) in [5.41, 5.74) is 0.498. The van der Waals surface area contributed by atoms with Gasteiger partial charge in [-0.15, -0.1) is 11.3 Å². The van der Waals surface area contributed by atoms with E-state index in [2.05, 4.69) is 4.98 Å². The van der Waals surface area contributed by atoms with Gasteiger partial charge in [0.1, 0.15) is 4.88 Å². The van der Waals surface area contributed by atoms with Crippen LogP contribution >= 0.6 is 11.3 Å². The molecule has 0 unspecified atom stereocenters. The molecule has 88 valence electrons. The number of hydrogen-bond acceptors (Lipinski definition) is 4. The van der Waals surface area contributed by atoms with Gasteiger partial charge in [-0.1, -0.05) is 0 Å². The van der Waals surface area contributed by atoms with Crippen LogP contribution in [0.3, 0.4) is 0 Å². The minimum atomic E-state index is -0.942. The fourth-order valence-electron chi connectivity index (χ4n) is 1.47. The molecule has 0 atom stereocenters. The lowest BCUT2D eigenvalue weighted by Crippen LogP contribution is -2.21. The molecule has 0 bridgehead atoms. The summed E-state index contributed by atoms with van der Waals surface area (Å²) < 4.78 is 1.45.